The van der Waals surface area contributed by atoms with Gasteiger partial charge in [0.05, 0.1) is 21.9 Å². The van der Waals surface area contributed by atoms with E-state index in [2.05, 4.69) is 90.8 Å². The largest absolute Gasteiger partial charge is 0.281 e. The molecule has 0 bridgehead atoms. The summed E-state index contributed by atoms with van der Waals surface area (Å²) < 4.78 is 4.15. The normalized spacial score (nSPS) is 10.6. The zero-order valence-corrected chi connectivity index (χ0v) is 24.8. The van der Waals surface area contributed by atoms with Gasteiger partial charge in [-0.15, -0.1) is 0 Å². The SMILES string of the molecule is C.C.C.C.Cc1cc(C)n2c(n1)nc1c(C)c(C)c(C)c(C)c12.Cc1cc(C)n2nc3c(C)c(C)c(C)c(C)c3c2n1. The fourth-order valence-corrected chi connectivity index (χ4v) is 5.76. The van der Waals surface area contributed by atoms with Gasteiger partial charge in [0, 0.05) is 22.8 Å². The molecule has 0 saturated heterocycles. The van der Waals surface area contributed by atoms with Crippen LogP contribution in [0.4, 0.5) is 0 Å². The van der Waals surface area contributed by atoms with Gasteiger partial charge < -0.3 is 0 Å². The fourth-order valence-electron chi connectivity index (χ4n) is 5.76. The van der Waals surface area contributed by atoms with Crippen molar-refractivity contribution in [3.63, 3.8) is 0 Å². The summed E-state index contributed by atoms with van der Waals surface area (Å²) in [6.07, 6.45) is 0. The van der Waals surface area contributed by atoms with Gasteiger partial charge in [0.15, 0.2) is 5.65 Å². The van der Waals surface area contributed by atoms with Crippen LogP contribution < -0.4 is 0 Å². The Bertz CT molecular complexity index is 1920. The van der Waals surface area contributed by atoms with Crippen molar-refractivity contribution in [1.29, 1.82) is 0 Å². The first-order valence-corrected chi connectivity index (χ1v) is 13.3. The molecule has 0 aliphatic carbocycles. The first kappa shape index (κ1) is 36.2. The average molecular weight is 571 g/mol. The Hall–Kier alpha value is -3.80. The van der Waals surface area contributed by atoms with Crippen LogP contribution in [-0.2, 0) is 0 Å². The van der Waals surface area contributed by atoms with E-state index in [0.29, 0.717) is 0 Å². The highest BCUT2D eigenvalue weighted by atomic mass is 15.3. The van der Waals surface area contributed by atoms with E-state index in [1.54, 1.807) is 0 Å². The Morgan fingerprint density at radius 2 is 0.952 bits per heavy atom. The van der Waals surface area contributed by atoms with Gasteiger partial charge in [-0.1, -0.05) is 29.7 Å². The molecule has 4 heterocycles. The summed E-state index contributed by atoms with van der Waals surface area (Å²) in [5.41, 5.74) is 19.2. The standard InChI is InChI=1S/2C16H19N3.4CH4/c1-8-7-9(2)19-15-13(6)11(4)10(3)12(5)14(15)18-16(19)17-8;1-8-7-9(2)19-16(17-8)14-12(5)10(3)11(4)13(6)15(14)18-19;;;;/h2*7H,1-6H3;4*1H4. The van der Waals surface area contributed by atoms with Crippen molar-refractivity contribution < 1.29 is 0 Å². The van der Waals surface area contributed by atoms with Crippen LogP contribution in [0.2, 0.25) is 0 Å². The molecule has 0 aliphatic rings. The van der Waals surface area contributed by atoms with Crippen LogP contribution >= 0.6 is 0 Å². The molecule has 42 heavy (non-hydrogen) atoms. The van der Waals surface area contributed by atoms with Crippen molar-refractivity contribution in [3.8, 4) is 0 Å². The molecule has 0 saturated carbocycles. The van der Waals surface area contributed by atoms with E-state index in [4.69, 9.17) is 15.1 Å². The van der Waals surface area contributed by atoms with Gasteiger partial charge in [-0.3, -0.25) is 4.40 Å². The molecule has 0 radical (unpaired) electrons. The molecule has 2 aromatic carbocycles. The van der Waals surface area contributed by atoms with Gasteiger partial charge >= 0.3 is 0 Å². The molecule has 0 aliphatic heterocycles. The molecule has 6 rings (SSSR count). The highest BCUT2D eigenvalue weighted by molar-refractivity contribution is 5.98. The molecule has 6 aromatic rings. The highest BCUT2D eigenvalue weighted by Gasteiger charge is 2.18. The van der Waals surface area contributed by atoms with Gasteiger partial charge in [0.1, 0.15) is 0 Å². The topological polar surface area (TPSA) is 60.4 Å². The van der Waals surface area contributed by atoms with Crippen LogP contribution in [0, 0.1) is 83.1 Å². The summed E-state index contributed by atoms with van der Waals surface area (Å²) >= 11 is 0. The van der Waals surface area contributed by atoms with Gasteiger partial charge in [-0.05, 0) is 140 Å². The number of fused-ring (bicyclic) bond motifs is 6. The Morgan fingerprint density at radius 3 is 1.55 bits per heavy atom. The lowest BCUT2D eigenvalue weighted by molar-refractivity contribution is 0.897. The van der Waals surface area contributed by atoms with Crippen molar-refractivity contribution in [1.82, 2.24) is 29.0 Å². The minimum absolute atomic E-state index is 0. The van der Waals surface area contributed by atoms with E-state index in [-0.39, 0.29) is 29.7 Å². The monoisotopic (exact) mass is 570 g/mol. The second kappa shape index (κ2) is 12.6. The molecule has 6 heteroatoms. The second-order valence-corrected chi connectivity index (χ2v) is 11.0. The first-order chi connectivity index (χ1) is 17.8. The maximum absolute atomic E-state index is 4.77. The summed E-state index contributed by atoms with van der Waals surface area (Å²) in [6, 6.07) is 4.18. The zero-order valence-electron chi connectivity index (χ0n) is 24.8. The van der Waals surface area contributed by atoms with Crippen LogP contribution in [0.3, 0.4) is 0 Å². The van der Waals surface area contributed by atoms with E-state index in [1.165, 1.54) is 61.1 Å². The van der Waals surface area contributed by atoms with Gasteiger partial charge in [0.2, 0.25) is 5.78 Å². The molecule has 6 nitrogen and oxygen atoms in total. The van der Waals surface area contributed by atoms with E-state index >= 15 is 0 Å². The molecular weight excluding hydrogens is 516 g/mol. The molecule has 228 valence electrons. The smallest absolute Gasteiger partial charge is 0.235 e. The van der Waals surface area contributed by atoms with E-state index < -0.39 is 0 Å². The third kappa shape index (κ3) is 5.28. The third-order valence-corrected chi connectivity index (χ3v) is 8.62. The minimum Gasteiger partial charge on any atom is -0.281 e. The Kier molecular flexibility index (Phi) is 10.9. The van der Waals surface area contributed by atoms with E-state index in [1.807, 2.05) is 18.4 Å². The van der Waals surface area contributed by atoms with Crippen molar-refractivity contribution in [2.75, 3.05) is 0 Å². The van der Waals surface area contributed by atoms with Crippen LogP contribution in [0.25, 0.3) is 33.4 Å². The molecule has 0 fully saturated rings. The average Bonchev–Trinajstić information content (AvgIpc) is 3.44. The Labute approximate surface area is 254 Å². The molecule has 0 unspecified atom stereocenters. The number of hydrogen-bond donors (Lipinski definition) is 0. The number of aryl methyl sites for hydroxylation is 8. The number of benzene rings is 2. The Morgan fingerprint density at radius 1 is 0.476 bits per heavy atom. The summed E-state index contributed by atoms with van der Waals surface area (Å²) in [5, 5.41) is 5.97. The fraction of sp³-hybridized carbons (Fsp3) is 0.444. The molecular formula is C36H54N6. The highest BCUT2D eigenvalue weighted by Crippen LogP contribution is 2.32. The summed E-state index contributed by atoms with van der Waals surface area (Å²) in [4.78, 5) is 14.0. The van der Waals surface area contributed by atoms with Gasteiger partial charge in [0.25, 0.3) is 0 Å². The van der Waals surface area contributed by atoms with Crippen LogP contribution in [0.1, 0.15) is 97.0 Å². The van der Waals surface area contributed by atoms with E-state index in [9.17, 15) is 0 Å². The van der Waals surface area contributed by atoms with Crippen molar-refractivity contribution in [2.45, 2.75) is 113 Å². The van der Waals surface area contributed by atoms with Crippen molar-refractivity contribution in [2.24, 2.45) is 0 Å². The molecule has 0 amide bonds. The molecule has 0 N–H and O–H groups in total. The second-order valence-electron chi connectivity index (χ2n) is 11.0. The van der Waals surface area contributed by atoms with Crippen molar-refractivity contribution >= 4 is 33.4 Å². The molecule has 0 atom stereocenters. The van der Waals surface area contributed by atoms with Crippen molar-refractivity contribution in [3.05, 3.63) is 79.4 Å². The quantitative estimate of drug-likeness (QED) is 0.182. The maximum Gasteiger partial charge on any atom is 0.235 e. The zero-order chi connectivity index (χ0) is 27.8. The predicted molar refractivity (Wildman–Crippen MR) is 185 cm³/mol. The number of imidazole rings is 1. The minimum atomic E-state index is 0. The molecule has 0 spiro atoms. The maximum atomic E-state index is 4.77. The first-order valence-electron chi connectivity index (χ1n) is 13.3. The molecule has 4 aromatic heterocycles. The number of nitrogens with zero attached hydrogens (tertiary/aromatic N) is 6. The van der Waals surface area contributed by atoms with Crippen LogP contribution in [0.5, 0.6) is 0 Å². The van der Waals surface area contributed by atoms with Gasteiger partial charge in [-0.25, -0.2) is 19.5 Å². The lowest BCUT2D eigenvalue weighted by Crippen LogP contribution is -1.99. The third-order valence-electron chi connectivity index (χ3n) is 8.62. The number of hydrogen-bond acceptors (Lipinski definition) is 4. The van der Waals surface area contributed by atoms with Crippen LogP contribution in [0.15, 0.2) is 12.1 Å². The van der Waals surface area contributed by atoms with Gasteiger partial charge in [-0.2, -0.15) is 5.10 Å². The summed E-state index contributed by atoms with van der Waals surface area (Å²) in [5.74, 6) is 0.809. The number of aromatic nitrogens is 6. The summed E-state index contributed by atoms with van der Waals surface area (Å²) in [6.45, 7) is 25.6. The van der Waals surface area contributed by atoms with Crippen LogP contribution in [-0.4, -0.2) is 29.0 Å². The number of rotatable bonds is 0. The summed E-state index contributed by atoms with van der Waals surface area (Å²) in [7, 11) is 0. The lowest BCUT2D eigenvalue weighted by atomic mass is 9.95. The lowest BCUT2D eigenvalue weighted by Gasteiger charge is -2.11. The Balaban J connectivity index is 0.000000383. The predicted octanol–water partition coefficient (Wildman–Crippen LogP) is 10.0. The van der Waals surface area contributed by atoms with E-state index in [0.717, 1.165) is 39.5 Å².